The van der Waals surface area contributed by atoms with E-state index in [1.807, 2.05) is 16.3 Å². The minimum Gasteiger partial charge on any atom is -0.365 e. The number of anilines is 2. The van der Waals surface area contributed by atoms with E-state index < -0.39 is 0 Å². The summed E-state index contributed by atoms with van der Waals surface area (Å²) in [6.07, 6.45) is 5.87. The first kappa shape index (κ1) is 23.0. The summed E-state index contributed by atoms with van der Waals surface area (Å²) >= 11 is 1.63. The summed E-state index contributed by atoms with van der Waals surface area (Å²) in [6.45, 7) is 9.19. The zero-order valence-electron chi connectivity index (χ0n) is 20.4. The van der Waals surface area contributed by atoms with Crippen LogP contribution >= 0.6 is 11.3 Å². The summed E-state index contributed by atoms with van der Waals surface area (Å²) in [4.78, 5) is 22.6. The number of carbonyl (C=O) groups excluding carboxylic acids is 1. The van der Waals surface area contributed by atoms with E-state index in [0.717, 1.165) is 46.7 Å². The van der Waals surface area contributed by atoms with E-state index in [1.165, 1.54) is 31.2 Å². The van der Waals surface area contributed by atoms with Gasteiger partial charge in [-0.15, -0.1) is 5.10 Å². The van der Waals surface area contributed by atoms with Crippen LogP contribution in [-0.2, 0) is 0 Å². The Balaban J connectivity index is 1.36. The highest BCUT2D eigenvalue weighted by Crippen LogP contribution is 2.35. The molecule has 1 aliphatic carbocycles. The van der Waals surface area contributed by atoms with Crippen molar-refractivity contribution < 1.29 is 4.79 Å². The molecule has 0 bridgehead atoms. The lowest BCUT2D eigenvalue weighted by Gasteiger charge is -2.34. The fraction of sp³-hybridized carbons (Fsp3) is 0.560. The van der Waals surface area contributed by atoms with Crippen LogP contribution < -0.4 is 15.5 Å². The number of hydrogen-bond donors (Lipinski definition) is 2. The SMILES string of the molecule is CC[C@H](C)NC(=O)N1CCN(c2nn3c(NC4CCCC4)c(-c4ccc(C)cc4)nc3s2)CC1. The van der Waals surface area contributed by atoms with Crippen molar-refractivity contribution in [3.8, 4) is 11.3 Å². The zero-order chi connectivity index (χ0) is 23.7. The number of carbonyl (C=O) groups is 1. The smallest absolute Gasteiger partial charge is 0.317 e. The summed E-state index contributed by atoms with van der Waals surface area (Å²) in [5.41, 5.74) is 3.34. The highest BCUT2D eigenvalue weighted by molar-refractivity contribution is 7.20. The van der Waals surface area contributed by atoms with Crippen molar-refractivity contribution in [2.24, 2.45) is 0 Å². The molecule has 1 aliphatic heterocycles. The van der Waals surface area contributed by atoms with Crippen LogP contribution in [-0.4, -0.2) is 63.8 Å². The average molecular weight is 482 g/mol. The molecule has 2 amide bonds. The van der Waals surface area contributed by atoms with Gasteiger partial charge in [0.2, 0.25) is 10.1 Å². The van der Waals surface area contributed by atoms with Gasteiger partial charge in [0.1, 0.15) is 5.69 Å². The number of rotatable bonds is 6. The summed E-state index contributed by atoms with van der Waals surface area (Å²) in [6, 6.07) is 9.27. The van der Waals surface area contributed by atoms with Gasteiger partial charge < -0.3 is 20.4 Å². The molecule has 2 N–H and O–H groups in total. The van der Waals surface area contributed by atoms with Crippen molar-refractivity contribution in [2.75, 3.05) is 36.4 Å². The van der Waals surface area contributed by atoms with E-state index in [2.05, 4.69) is 53.6 Å². The van der Waals surface area contributed by atoms with Gasteiger partial charge in [0, 0.05) is 43.8 Å². The fourth-order valence-electron chi connectivity index (χ4n) is 4.68. The summed E-state index contributed by atoms with van der Waals surface area (Å²) in [5, 5.41) is 12.8. The monoisotopic (exact) mass is 481 g/mol. The number of urea groups is 1. The number of fused-ring (bicyclic) bond motifs is 1. The minimum atomic E-state index is 0.0359. The van der Waals surface area contributed by atoms with Gasteiger partial charge >= 0.3 is 6.03 Å². The van der Waals surface area contributed by atoms with Gasteiger partial charge in [-0.3, -0.25) is 0 Å². The average Bonchev–Trinajstić information content (AvgIpc) is 3.58. The van der Waals surface area contributed by atoms with Crippen LogP contribution in [0.25, 0.3) is 16.2 Å². The minimum absolute atomic E-state index is 0.0359. The molecular formula is C25H35N7OS. The fourth-order valence-corrected chi connectivity index (χ4v) is 5.63. The van der Waals surface area contributed by atoms with Gasteiger partial charge in [-0.1, -0.05) is 60.9 Å². The number of imidazole rings is 1. The van der Waals surface area contributed by atoms with Gasteiger partial charge in [-0.05, 0) is 33.1 Å². The predicted octanol–water partition coefficient (Wildman–Crippen LogP) is 4.75. The third-order valence-corrected chi connectivity index (χ3v) is 8.00. The molecule has 34 heavy (non-hydrogen) atoms. The Bertz CT molecular complexity index is 1120. The van der Waals surface area contributed by atoms with Gasteiger partial charge in [-0.25, -0.2) is 9.78 Å². The van der Waals surface area contributed by atoms with E-state index in [-0.39, 0.29) is 12.1 Å². The van der Waals surface area contributed by atoms with Crippen molar-refractivity contribution in [3.63, 3.8) is 0 Å². The topological polar surface area (TPSA) is 77.8 Å². The Morgan fingerprint density at radius 1 is 1.15 bits per heavy atom. The first-order valence-electron chi connectivity index (χ1n) is 12.6. The lowest BCUT2D eigenvalue weighted by Crippen LogP contribution is -2.53. The van der Waals surface area contributed by atoms with Crippen molar-refractivity contribution >= 4 is 33.3 Å². The normalized spacial score (nSPS) is 18.0. The van der Waals surface area contributed by atoms with Crippen LogP contribution in [0.2, 0.25) is 0 Å². The molecule has 9 heteroatoms. The molecule has 8 nitrogen and oxygen atoms in total. The lowest BCUT2D eigenvalue weighted by molar-refractivity contribution is 0.190. The van der Waals surface area contributed by atoms with Crippen LogP contribution in [0.3, 0.4) is 0 Å². The molecule has 0 radical (unpaired) electrons. The highest BCUT2D eigenvalue weighted by Gasteiger charge is 2.27. The summed E-state index contributed by atoms with van der Waals surface area (Å²) < 4.78 is 2.00. The lowest BCUT2D eigenvalue weighted by atomic mass is 10.1. The zero-order valence-corrected chi connectivity index (χ0v) is 21.2. The van der Waals surface area contributed by atoms with Crippen LogP contribution in [0.1, 0.15) is 51.5 Å². The Kier molecular flexibility index (Phi) is 6.63. The molecule has 1 atom stereocenters. The maximum Gasteiger partial charge on any atom is 0.317 e. The maximum absolute atomic E-state index is 12.5. The molecule has 1 saturated heterocycles. The van der Waals surface area contributed by atoms with E-state index >= 15 is 0 Å². The second kappa shape index (κ2) is 9.82. The number of nitrogens with one attached hydrogen (secondary N) is 2. The van der Waals surface area contributed by atoms with E-state index in [4.69, 9.17) is 10.1 Å². The first-order valence-corrected chi connectivity index (χ1v) is 13.4. The number of aromatic nitrogens is 3. The van der Waals surface area contributed by atoms with Gasteiger partial charge in [0.05, 0.1) is 0 Å². The number of nitrogens with zero attached hydrogens (tertiary/aromatic N) is 5. The Labute approximate surface area is 205 Å². The van der Waals surface area contributed by atoms with E-state index in [0.29, 0.717) is 19.1 Å². The van der Waals surface area contributed by atoms with Crippen LogP contribution in [0.5, 0.6) is 0 Å². The quantitative estimate of drug-likeness (QED) is 0.531. The van der Waals surface area contributed by atoms with E-state index in [9.17, 15) is 4.79 Å². The number of piperazine rings is 1. The van der Waals surface area contributed by atoms with Crippen molar-refractivity contribution in [1.82, 2.24) is 24.8 Å². The van der Waals surface area contributed by atoms with Gasteiger partial charge in [0.15, 0.2) is 5.82 Å². The molecule has 1 saturated carbocycles. The molecule has 1 aromatic carbocycles. The molecule has 0 unspecified atom stereocenters. The Hall–Kier alpha value is -2.81. The third kappa shape index (κ3) is 4.71. The molecule has 5 rings (SSSR count). The standard InChI is InChI=1S/C25H35N7OS/c1-4-18(3)26-23(33)30-13-15-31(16-14-30)25-29-32-22(27-20-7-5-6-8-20)21(28-24(32)34-25)19-11-9-17(2)10-12-19/h9-12,18,20,27H,4-8,13-16H2,1-3H3,(H,26,33)/t18-/m0/s1. The summed E-state index contributed by atoms with van der Waals surface area (Å²) in [5.74, 6) is 1.000. The van der Waals surface area contributed by atoms with Gasteiger partial charge in [0.25, 0.3) is 0 Å². The van der Waals surface area contributed by atoms with Crippen LogP contribution in [0, 0.1) is 6.92 Å². The predicted molar refractivity (Wildman–Crippen MR) is 139 cm³/mol. The van der Waals surface area contributed by atoms with Crippen molar-refractivity contribution in [1.29, 1.82) is 0 Å². The van der Waals surface area contributed by atoms with Gasteiger partial charge in [-0.2, -0.15) is 4.52 Å². The highest BCUT2D eigenvalue weighted by atomic mass is 32.1. The molecule has 3 heterocycles. The van der Waals surface area contributed by atoms with Crippen LogP contribution in [0.4, 0.5) is 15.7 Å². The van der Waals surface area contributed by atoms with Crippen LogP contribution in [0.15, 0.2) is 24.3 Å². The van der Waals surface area contributed by atoms with Crippen molar-refractivity contribution in [2.45, 2.75) is 65.0 Å². The molecule has 2 aliphatic rings. The Morgan fingerprint density at radius 2 is 1.85 bits per heavy atom. The third-order valence-electron chi connectivity index (χ3n) is 7.03. The number of amides is 2. The summed E-state index contributed by atoms with van der Waals surface area (Å²) in [7, 11) is 0. The maximum atomic E-state index is 12.5. The largest absolute Gasteiger partial charge is 0.365 e. The number of aryl methyl sites for hydroxylation is 1. The molecule has 182 valence electrons. The number of hydrogen-bond acceptors (Lipinski definition) is 6. The van der Waals surface area contributed by atoms with Crippen molar-refractivity contribution in [3.05, 3.63) is 29.8 Å². The Morgan fingerprint density at radius 3 is 2.53 bits per heavy atom. The first-order chi connectivity index (χ1) is 16.5. The van der Waals surface area contributed by atoms with E-state index in [1.54, 1.807) is 11.3 Å². The molecule has 2 fully saturated rings. The molecular weight excluding hydrogens is 446 g/mol. The molecule has 2 aromatic heterocycles. The molecule has 3 aromatic rings. The molecule has 0 spiro atoms. The number of benzene rings is 1. The second-order valence-electron chi connectivity index (χ2n) is 9.61. The second-order valence-corrected chi connectivity index (χ2v) is 10.5.